The number of rotatable bonds is 7. The van der Waals surface area contributed by atoms with Gasteiger partial charge in [0, 0.05) is 0 Å². The smallest absolute Gasteiger partial charge is 0.352 e. The molecule has 0 radical (unpaired) electrons. The molecule has 8 heteroatoms. The van der Waals surface area contributed by atoms with E-state index in [-0.39, 0.29) is 23.2 Å². The van der Waals surface area contributed by atoms with Crippen molar-refractivity contribution in [2.24, 2.45) is 11.8 Å². The fourth-order valence-corrected chi connectivity index (χ4v) is 1.58. The van der Waals surface area contributed by atoms with Crippen LogP contribution in [0.2, 0.25) is 0 Å². The van der Waals surface area contributed by atoms with Gasteiger partial charge in [0.2, 0.25) is 5.95 Å². The molecule has 0 aliphatic heterocycles. The molecule has 1 aromatic heterocycles. The summed E-state index contributed by atoms with van der Waals surface area (Å²) in [4.78, 5) is 18.2. The number of hydrogen-bond donors (Lipinski definition) is 2. The van der Waals surface area contributed by atoms with Crippen LogP contribution in [0.15, 0.2) is 0 Å². The highest BCUT2D eigenvalue weighted by Crippen LogP contribution is 2.28. The highest BCUT2D eigenvalue weighted by atomic mass is 16.6. The zero-order valence-corrected chi connectivity index (χ0v) is 11.3. The first-order valence-corrected chi connectivity index (χ1v) is 6.08. The van der Waals surface area contributed by atoms with E-state index in [1.165, 1.54) is 6.92 Å². The number of nitrogens with two attached hydrogens (primary N) is 1. The Morgan fingerprint density at radius 1 is 1.47 bits per heavy atom. The third-order valence-corrected chi connectivity index (χ3v) is 2.50. The lowest BCUT2D eigenvalue weighted by Gasteiger charge is -2.09. The quantitative estimate of drug-likeness (QED) is 0.335. The Kier molecular flexibility index (Phi) is 5.43. The Balaban J connectivity index is 2.84. The molecule has 0 aliphatic carbocycles. The summed E-state index contributed by atoms with van der Waals surface area (Å²) in [5.74, 6) is 5.82. The number of ether oxygens (including phenoxy) is 1. The van der Waals surface area contributed by atoms with E-state index in [2.05, 4.69) is 29.2 Å². The van der Waals surface area contributed by atoms with E-state index in [0.29, 0.717) is 12.5 Å². The van der Waals surface area contributed by atoms with Gasteiger partial charge in [-0.05, 0) is 25.7 Å². The number of nitrogens with one attached hydrogen (secondary N) is 1. The molecule has 0 aliphatic rings. The molecule has 3 N–H and O–H groups in total. The van der Waals surface area contributed by atoms with Crippen molar-refractivity contribution in [1.29, 1.82) is 0 Å². The normalized spacial score (nSPS) is 10.6. The van der Waals surface area contributed by atoms with Gasteiger partial charge in [-0.15, -0.1) is 0 Å². The van der Waals surface area contributed by atoms with Crippen molar-refractivity contribution in [1.82, 2.24) is 9.97 Å². The molecule has 106 valence electrons. The molecule has 0 unspecified atom stereocenters. The van der Waals surface area contributed by atoms with Gasteiger partial charge in [0.05, 0.1) is 11.5 Å². The number of nitrogen functional groups attached to an aromatic ring is 1. The summed E-state index contributed by atoms with van der Waals surface area (Å²) in [6.45, 7) is 6.10. The molecule has 1 aromatic rings. The van der Waals surface area contributed by atoms with Gasteiger partial charge >= 0.3 is 5.69 Å². The SMILES string of the molecule is Cc1nc(NN)nc(OCCCC(C)C)c1[N+](=O)[O-]. The van der Waals surface area contributed by atoms with Gasteiger partial charge in [-0.3, -0.25) is 15.5 Å². The molecule has 0 aromatic carbocycles. The summed E-state index contributed by atoms with van der Waals surface area (Å²) in [6.07, 6.45) is 1.79. The first kappa shape index (κ1) is 15.1. The lowest BCUT2D eigenvalue weighted by atomic mass is 10.1. The van der Waals surface area contributed by atoms with Gasteiger partial charge in [0.1, 0.15) is 5.69 Å². The van der Waals surface area contributed by atoms with E-state index in [1.54, 1.807) is 0 Å². The Morgan fingerprint density at radius 3 is 2.68 bits per heavy atom. The van der Waals surface area contributed by atoms with Gasteiger partial charge in [0.15, 0.2) is 0 Å². The van der Waals surface area contributed by atoms with Gasteiger partial charge in [0.25, 0.3) is 5.88 Å². The van der Waals surface area contributed by atoms with Crippen LogP contribution >= 0.6 is 0 Å². The molecule has 0 saturated heterocycles. The first-order valence-electron chi connectivity index (χ1n) is 6.08. The second-order valence-corrected chi connectivity index (χ2v) is 4.57. The van der Waals surface area contributed by atoms with Crippen LogP contribution in [-0.4, -0.2) is 21.5 Å². The van der Waals surface area contributed by atoms with Crippen LogP contribution in [0.3, 0.4) is 0 Å². The van der Waals surface area contributed by atoms with E-state index < -0.39 is 4.92 Å². The first-order chi connectivity index (χ1) is 8.95. The van der Waals surface area contributed by atoms with Gasteiger partial charge in [-0.1, -0.05) is 13.8 Å². The van der Waals surface area contributed by atoms with Crippen molar-refractivity contribution in [3.8, 4) is 5.88 Å². The monoisotopic (exact) mass is 269 g/mol. The predicted octanol–water partition coefficient (Wildman–Crippen LogP) is 1.79. The summed E-state index contributed by atoms with van der Waals surface area (Å²) < 4.78 is 5.38. The maximum absolute atomic E-state index is 11.0. The average molecular weight is 269 g/mol. The van der Waals surface area contributed by atoms with Crippen molar-refractivity contribution in [3.05, 3.63) is 15.8 Å². The predicted molar refractivity (Wildman–Crippen MR) is 70.8 cm³/mol. The second-order valence-electron chi connectivity index (χ2n) is 4.57. The van der Waals surface area contributed by atoms with Crippen LogP contribution in [0.4, 0.5) is 11.6 Å². The molecule has 0 fully saturated rings. The molecule has 1 rings (SSSR count). The number of anilines is 1. The van der Waals surface area contributed by atoms with Crippen molar-refractivity contribution in [2.75, 3.05) is 12.0 Å². The van der Waals surface area contributed by atoms with E-state index in [9.17, 15) is 10.1 Å². The number of hydrogen-bond acceptors (Lipinski definition) is 7. The number of hydrazine groups is 1. The van der Waals surface area contributed by atoms with Crippen LogP contribution in [-0.2, 0) is 0 Å². The molecular formula is C11H19N5O3. The molecule has 19 heavy (non-hydrogen) atoms. The van der Waals surface area contributed by atoms with Crippen molar-refractivity contribution in [2.45, 2.75) is 33.6 Å². The molecule has 0 saturated carbocycles. The minimum Gasteiger partial charge on any atom is -0.473 e. The van der Waals surface area contributed by atoms with Crippen molar-refractivity contribution in [3.63, 3.8) is 0 Å². The maximum atomic E-state index is 11.0. The van der Waals surface area contributed by atoms with Gasteiger partial charge in [-0.25, -0.2) is 10.8 Å². The molecule has 8 nitrogen and oxygen atoms in total. The molecule has 0 atom stereocenters. The summed E-state index contributed by atoms with van der Waals surface area (Å²) >= 11 is 0. The Hall–Kier alpha value is -1.96. The Morgan fingerprint density at radius 2 is 2.16 bits per heavy atom. The topological polar surface area (TPSA) is 116 Å². The highest BCUT2D eigenvalue weighted by Gasteiger charge is 2.23. The average Bonchev–Trinajstić information content (AvgIpc) is 2.33. The Labute approximate surface area is 111 Å². The lowest BCUT2D eigenvalue weighted by molar-refractivity contribution is -0.387. The fourth-order valence-electron chi connectivity index (χ4n) is 1.58. The van der Waals surface area contributed by atoms with Crippen molar-refractivity contribution >= 4 is 11.6 Å². The second kappa shape index (κ2) is 6.83. The van der Waals surface area contributed by atoms with Gasteiger partial charge in [-0.2, -0.15) is 4.98 Å². The van der Waals surface area contributed by atoms with Crippen molar-refractivity contribution < 1.29 is 9.66 Å². The summed E-state index contributed by atoms with van der Waals surface area (Å²) in [5, 5.41) is 11.0. The maximum Gasteiger partial charge on any atom is 0.352 e. The third-order valence-electron chi connectivity index (χ3n) is 2.50. The molecular weight excluding hydrogens is 250 g/mol. The van der Waals surface area contributed by atoms with E-state index in [0.717, 1.165) is 12.8 Å². The number of nitrogens with zero attached hydrogens (tertiary/aromatic N) is 3. The fraction of sp³-hybridized carbons (Fsp3) is 0.636. The molecule has 1 heterocycles. The number of nitro groups is 1. The highest BCUT2D eigenvalue weighted by molar-refractivity contribution is 5.48. The molecule has 0 bridgehead atoms. The Bertz CT molecular complexity index is 450. The zero-order chi connectivity index (χ0) is 14.4. The summed E-state index contributed by atoms with van der Waals surface area (Å²) in [7, 11) is 0. The van der Waals surface area contributed by atoms with Crippen LogP contribution < -0.4 is 16.0 Å². The van der Waals surface area contributed by atoms with Crippen LogP contribution in [0.1, 0.15) is 32.4 Å². The third kappa shape index (κ3) is 4.32. The summed E-state index contributed by atoms with van der Waals surface area (Å²) in [6, 6.07) is 0. The largest absolute Gasteiger partial charge is 0.473 e. The lowest BCUT2D eigenvalue weighted by Crippen LogP contribution is -2.14. The molecule has 0 amide bonds. The van der Waals surface area contributed by atoms with E-state index >= 15 is 0 Å². The zero-order valence-electron chi connectivity index (χ0n) is 11.3. The van der Waals surface area contributed by atoms with Crippen LogP contribution in [0.5, 0.6) is 5.88 Å². The number of aromatic nitrogens is 2. The number of aryl methyl sites for hydroxylation is 1. The van der Waals surface area contributed by atoms with Crippen LogP contribution in [0, 0.1) is 23.0 Å². The standard InChI is InChI=1S/C11H19N5O3/c1-7(2)5-4-6-19-10-9(16(17)18)8(3)13-11(14-10)15-12/h7H,4-6,12H2,1-3H3,(H,13,14,15). The van der Waals surface area contributed by atoms with Gasteiger partial charge < -0.3 is 4.74 Å². The molecule has 0 spiro atoms. The minimum absolute atomic E-state index is 0.0470. The minimum atomic E-state index is -0.548. The summed E-state index contributed by atoms with van der Waals surface area (Å²) in [5.41, 5.74) is 2.25. The van der Waals surface area contributed by atoms with E-state index in [4.69, 9.17) is 10.6 Å². The van der Waals surface area contributed by atoms with Crippen LogP contribution in [0.25, 0.3) is 0 Å². The van der Waals surface area contributed by atoms with E-state index in [1.807, 2.05) is 0 Å².